The number of aromatic nitrogens is 1. The number of pyridine rings is 1. The highest BCUT2D eigenvalue weighted by molar-refractivity contribution is 6.17. The van der Waals surface area contributed by atoms with Crippen LogP contribution in [0.1, 0.15) is 25.0 Å². The van der Waals surface area contributed by atoms with E-state index in [0.29, 0.717) is 11.9 Å². The molecule has 0 unspecified atom stereocenters. The van der Waals surface area contributed by atoms with Crippen molar-refractivity contribution >= 4 is 17.4 Å². The molecule has 0 aliphatic rings. The highest BCUT2D eigenvalue weighted by Gasteiger charge is 2.15. The topological polar surface area (TPSA) is 16.1 Å². The molecule has 100 valence electrons. The lowest BCUT2D eigenvalue weighted by Crippen LogP contribution is -2.31. The third kappa shape index (κ3) is 3.48. The summed E-state index contributed by atoms with van der Waals surface area (Å²) in [6.07, 6.45) is 1.83. The van der Waals surface area contributed by atoms with Gasteiger partial charge in [0.05, 0.1) is 5.88 Å². The van der Waals surface area contributed by atoms with E-state index >= 15 is 0 Å². The fraction of sp³-hybridized carbons (Fsp3) is 0.312. The molecule has 1 heterocycles. The van der Waals surface area contributed by atoms with E-state index in [1.165, 1.54) is 5.56 Å². The van der Waals surface area contributed by atoms with E-state index in [9.17, 15) is 0 Å². The van der Waals surface area contributed by atoms with Gasteiger partial charge in [-0.3, -0.25) is 0 Å². The van der Waals surface area contributed by atoms with E-state index in [1.807, 2.05) is 24.4 Å². The summed E-state index contributed by atoms with van der Waals surface area (Å²) < 4.78 is 0. The van der Waals surface area contributed by atoms with Gasteiger partial charge >= 0.3 is 0 Å². The second-order valence-corrected chi connectivity index (χ2v) is 5.09. The Bertz CT molecular complexity index is 511. The van der Waals surface area contributed by atoms with Gasteiger partial charge in [0.1, 0.15) is 5.82 Å². The predicted molar refractivity (Wildman–Crippen MR) is 81.6 cm³/mol. The fourth-order valence-electron chi connectivity index (χ4n) is 2.08. The van der Waals surface area contributed by atoms with Gasteiger partial charge in [0.15, 0.2) is 0 Å². The lowest BCUT2D eigenvalue weighted by Gasteiger charge is -2.29. The van der Waals surface area contributed by atoms with Crippen LogP contribution in [0.4, 0.5) is 5.82 Å². The van der Waals surface area contributed by atoms with Crippen molar-refractivity contribution < 1.29 is 0 Å². The van der Waals surface area contributed by atoms with Crippen LogP contribution in [0.5, 0.6) is 0 Å². The number of anilines is 1. The van der Waals surface area contributed by atoms with E-state index in [0.717, 1.165) is 17.9 Å². The SMILES string of the molecule is CC(C)N(Cc1ccccc1)c1ncccc1CCl. The fourth-order valence-corrected chi connectivity index (χ4v) is 2.28. The Kier molecular flexibility index (Phi) is 4.80. The third-order valence-electron chi connectivity index (χ3n) is 3.10. The van der Waals surface area contributed by atoms with E-state index in [2.05, 4.69) is 48.0 Å². The molecule has 0 saturated carbocycles. The van der Waals surface area contributed by atoms with Crippen molar-refractivity contribution in [3.63, 3.8) is 0 Å². The number of rotatable bonds is 5. The monoisotopic (exact) mass is 274 g/mol. The Morgan fingerprint density at radius 1 is 1.11 bits per heavy atom. The van der Waals surface area contributed by atoms with Crippen molar-refractivity contribution in [2.24, 2.45) is 0 Å². The number of nitrogens with zero attached hydrogens (tertiary/aromatic N) is 2. The number of hydrogen-bond donors (Lipinski definition) is 0. The molecule has 1 aromatic carbocycles. The average molecular weight is 275 g/mol. The van der Waals surface area contributed by atoms with Gasteiger partial charge < -0.3 is 4.90 Å². The molecule has 1 aromatic heterocycles. The van der Waals surface area contributed by atoms with Crippen molar-refractivity contribution in [1.82, 2.24) is 4.98 Å². The van der Waals surface area contributed by atoms with Gasteiger partial charge in [0.25, 0.3) is 0 Å². The first kappa shape index (κ1) is 13.9. The zero-order chi connectivity index (χ0) is 13.7. The molecule has 0 atom stereocenters. The maximum atomic E-state index is 6.02. The molecule has 2 rings (SSSR count). The molecule has 0 aliphatic carbocycles. The molecule has 2 aromatic rings. The van der Waals surface area contributed by atoms with Crippen molar-refractivity contribution in [3.05, 3.63) is 59.8 Å². The molecule has 0 N–H and O–H groups in total. The quantitative estimate of drug-likeness (QED) is 0.759. The lowest BCUT2D eigenvalue weighted by molar-refractivity contribution is 0.669. The number of benzene rings is 1. The first-order chi connectivity index (χ1) is 9.22. The predicted octanol–water partition coefficient (Wildman–Crippen LogP) is 4.24. The molecule has 0 radical (unpaired) electrons. The van der Waals surface area contributed by atoms with Crippen molar-refractivity contribution in [3.8, 4) is 0 Å². The van der Waals surface area contributed by atoms with Gasteiger partial charge in [-0.15, -0.1) is 11.6 Å². The van der Waals surface area contributed by atoms with E-state index < -0.39 is 0 Å². The summed E-state index contributed by atoms with van der Waals surface area (Å²) in [5.74, 6) is 1.47. The van der Waals surface area contributed by atoms with Crippen molar-refractivity contribution in [2.45, 2.75) is 32.3 Å². The van der Waals surface area contributed by atoms with Gasteiger partial charge in [-0.1, -0.05) is 36.4 Å². The highest BCUT2D eigenvalue weighted by atomic mass is 35.5. The Morgan fingerprint density at radius 2 is 1.84 bits per heavy atom. The zero-order valence-electron chi connectivity index (χ0n) is 11.4. The Morgan fingerprint density at radius 3 is 2.47 bits per heavy atom. The van der Waals surface area contributed by atoms with Gasteiger partial charge in [-0.25, -0.2) is 4.98 Å². The zero-order valence-corrected chi connectivity index (χ0v) is 12.1. The first-order valence-electron chi connectivity index (χ1n) is 6.52. The normalized spacial score (nSPS) is 10.7. The molecule has 0 amide bonds. The summed E-state index contributed by atoms with van der Waals surface area (Å²) in [4.78, 5) is 6.79. The Labute approximate surface area is 120 Å². The van der Waals surface area contributed by atoms with Crippen molar-refractivity contribution in [2.75, 3.05) is 4.90 Å². The lowest BCUT2D eigenvalue weighted by atomic mass is 10.1. The van der Waals surface area contributed by atoms with Crippen LogP contribution >= 0.6 is 11.6 Å². The summed E-state index contributed by atoms with van der Waals surface area (Å²) in [5, 5.41) is 0. The van der Waals surface area contributed by atoms with Crippen LogP contribution in [0.25, 0.3) is 0 Å². The number of halogens is 1. The second kappa shape index (κ2) is 6.58. The molecule has 2 nitrogen and oxygen atoms in total. The van der Waals surface area contributed by atoms with E-state index in [4.69, 9.17) is 11.6 Å². The minimum absolute atomic E-state index is 0.372. The van der Waals surface area contributed by atoms with Crippen LogP contribution in [-0.2, 0) is 12.4 Å². The smallest absolute Gasteiger partial charge is 0.133 e. The molecular weight excluding hydrogens is 256 g/mol. The summed E-state index contributed by atoms with van der Waals surface area (Å²) in [6, 6.07) is 14.8. The van der Waals surface area contributed by atoms with Gasteiger partial charge in [0.2, 0.25) is 0 Å². The second-order valence-electron chi connectivity index (χ2n) is 4.83. The summed E-state index contributed by atoms with van der Waals surface area (Å²) in [7, 11) is 0. The van der Waals surface area contributed by atoms with Crippen LogP contribution in [0, 0.1) is 0 Å². The van der Waals surface area contributed by atoms with Gasteiger partial charge in [-0.05, 0) is 25.5 Å². The van der Waals surface area contributed by atoms with Crippen LogP contribution in [-0.4, -0.2) is 11.0 Å². The maximum Gasteiger partial charge on any atom is 0.133 e. The van der Waals surface area contributed by atoms with Crippen LogP contribution < -0.4 is 4.90 Å². The summed E-state index contributed by atoms with van der Waals surface area (Å²) in [6.45, 7) is 5.20. The largest absolute Gasteiger partial charge is 0.350 e. The van der Waals surface area contributed by atoms with Crippen LogP contribution in [0.2, 0.25) is 0 Å². The Balaban J connectivity index is 2.30. The van der Waals surface area contributed by atoms with Crippen LogP contribution in [0.3, 0.4) is 0 Å². The van der Waals surface area contributed by atoms with Crippen LogP contribution in [0.15, 0.2) is 48.7 Å². The summed E-state index contributed by atoms with van der Waals surface area (Å²) in [5.41, 5.74) is 2.36. The molecule has 0 aliphatic heterocycles. The molecule has 0 spiro atoms. The average Bonchev–Trinajstić information content (AvgIpc) is 2.45. The summed E-state index contributed by atoms with van der Waals surface area (Å²) >= 11 is 6.02. The standard InChI is InChI=1S/C16H19ClN2/c1-13(2)19(12-14-7-4-3-5-8-14)16-15(11-17)9-6-10-18-16/h3-10,13H,11-12H2,1-2H3. The molecular formula is C16H19ClN2. The first-order valence-corrected chi connectivity index (χ1v) is 7.06. The maximum absolute atomic E-state index is 6.02. The molecule has 19 heavy (non-hydrogen) atoms. The molecule has 0 fully saturated rings. The number of hydrogen-bond acceptors (Lipinski definition) is 2. The van der Waals surface area contributed by atoms with E-state index in [1.54, 1.807) is 0 Å². The van der Waals surface area contributed by atoms with E-state index in [-0.39, 0.29) is 0 Å². The molecule has 3 heteroatoms. The Hall–Kier alpha value is -1.54. The minimum atomic E-state index is 0.372. The highest BCUT2D eigenvalue weighted by Crippen LogP contribution is 2.23. The molecule has 0 bridgehead atoms. The third-order valence-corrected chi connectivity index (χ3v) is 3.39. The number of alkyl halides is 1. The molecule has 0 saturated heterocycles. The minimum Gasteiger partial charge on any atom is -0.350 e. The van der Waals surface area contributed by atoms with Crippen molar-refractivity contribution in [1.29, 1.82) is 0 Å². The van der Waals surface area contributed by atoms with Gasteiger partial charge in [0, 0.05) is 24.3 Å². The van der Waals surface area contributed by atoms with Gasteiger partial charge in [-0.2, -0.15) is 0 Å².